The number of rotatable bonds is 3. The molecule has 23 heavy (non-hydrogen) atoms. The van der Waals surface area contributed by atoms with E-state index in [0.717, 1.165) is 43.0 Å². The monoisotopic (exact) mass is 317 g/mol. The molecule has 124 valence electrons. The number of anilines is 1. The zero-order valence-electron chi connectivity index (χ0n) is 13.9. The number of hydrogen-bond acceptors (Lipinski definition) is 5. The van der Waals surface area contributed by atoms with Gasteiger partial charge in [-0.05, 0) is 13.8 Å². The highest BCUT2D eigenvalue weighted by Gasteiger charge is 2.25. The summed E-state index contributed by atoms with van der Waals surface area (Å²) in [5.41, 5.74) is 0.830. The molecule has 8 nitrogen and oxygen atoms in total. The summed E-state index contributed by atoms with van der Waals surface area (Å²) >= 11 is 0. The van der Waals surface area contributed by atoms with Crippen LogP contribution in [0.4, 0.5) is 10.6 Å². The van der Waals surface area contributed by atoms with Crippen molar-refractivity contribution in [2.75, 3.05) is 44.2 Å². The van der Waals surface area contributed by atoms with Gasteiger partial charge in [-0.25, -0.2) is 14.8 Å². The van der Waals surface area contributed by atoms with Gasteiger partial charge in [-0.1, -0.05) is 0 Å². The molecule has 0 atom stereocenters. The summed E-state index contributed by atoms with van der Waals surface area (Å²) in [6.07, 6.45) is 3.38. The first-order chi connectivity index (χ1) is 11.2. The summed E-state index contributed by atoms with van der Waals surface area (Å²) in [6, 6.07) is 0.129. The maximum absolute atomic E-state index is 12.4. The van der Waals surface area contributed by atoms with Gasteiger partial charge < -0.3 is 14.7 Å². The van der Waals surface area contributed by atoms with Crippen LogP contribution < -0.4 is 4.90 Å². The molecule has 8 heteroatoms. The predicted molar refractivity (Wildman–Crippen MR) is 88.4 cm³/mol. The molecule has 0 saturated carbocycles. The van der Waals surface area contributed by atoms with Gasteiger partial charge in [0.05, 0.1) is 11.6 Å². The molecule has 0 bridgehead atoms. The Bertz CT molecular complexity index is 686. The number of fused-ring (bicyclic) bond motifs is 1. The first-order valence-corrected chi connectivity index (χ1v) is 8.07. The lowest BCUT2D eigenvalue weighted by Crippen LogP contribution is -2.53. The van der Waals surface area contributed by atoms with Crippen LogP contribution in [0.15, 0.2) is 12.5 Å². The summed E-state index contributed by atoms with van der Waals surface area (Å²) in [5.74, 6) is 0.901. The number of amides is 2. The number of aryl methyl sites for hydroxylation is 1. The van der Waals surface area contributed by atoms with E-state index in [0.29, 0.717) is 13.1 Å². The quantitative estimate of drug-likeness (QED) is 0.843. The number of aromatic nitrogens is 4. The van der Waals surface area contributed by atoms with E-state index in [1.165, 1.54) is 0 Å². The third-order valence-corrected chi connectivity index (χ3v) is 4.39. The molecule has 1 aliphatic heterocycles. The van der Waals surface area contributed by atoms with Crippen LogP contribution in [-0.2, 0) is 7.05 Å². The predicted octanol–water partition coefficient (Wildman–Crippen LogP) is 0.947. The van der Waals surface area contributed by atoms with Crippen molar-refractivity contribution < 1.29 is 4.79 Å². The van der Waals surface area contributed by atoms with E-state index >= 15 is 0 Å². The SMILES string of the molecule is CCN(CC)C(=O)N1CCN(c2ncnc3c2cnn3C)CC1. The molecule has 2 aromatic rings. The molecule has 2 amide bonds. The Kier molecular flexibility index (Phi) is 4.31. The minimum atomic E-state index is 0.129. The summed E-state index contributed by atoms with van der Waals surface area (Å²) in [5, 5.41) is 5.21. The van der Waals surface area contributed by atoms with Crippen LogP contribution in [0.25, 0.3) is 11.0 Å². The average molecular weight is 317 g/mol. The number of urea groups is 1. The molecule has 1 fully saturated rings. The van der Waals surface area contributed by atoms with Gasteiger partial charge in [-0.2, -0.15) is 5.10 Å². The van der Waals surface area contributed by atoms with Crippen molar-refractivity contribution in [2.24, 2.45) is 7.05 Å². The fraction of sp³-hybridized carbons (Fsp3) is 0.600. The molecule has 0 N–H and O–H groups in total. The number of carbonyl (C=O) groups excluding carboxylic acids is 1. The van der Waals surface area contributed by atoms with E-state index in [1.807, 2.05) is 30.7 Å². The molecule has 0 aliphatic carbocycles. The van der Waals surface area contributed by atoms with Crippen molar-refractivity contribution in [3.8, 4) is 0 Å². The van der Waals surface area contributed by atoms with Crippen molar-refractivity contribution in [2.45, 2.75) is 13.8 Å². The number of carbonyl (C=O) groups is 1. The fourth-order valence-electron chi connectivity index (χ4n) is 3.01. The zero-order valence-corrected chi connectivity index (χ0v) is 13.9. The maximum Gasteiger partial charge on any atom is 0.320 e. The normalized spacial score (nSPS) is 15.3. The standard InChI is InChI=1S/C15H23N7O/c1-4-20(5-2)15(23)22-8-6-21(7-9-22)14-12-10-18-19(3)13(12)16-11-17-14/h10-11H,4-9H2,1-3H3. The molecular weight excluding hydrogens is 294 g/mol. The second-order valence-electron chi connectivity index (χ2n) is 5.63. The Morgan fingerprint density at radius 2 is 1.87 bits per heavy atom. The van der Waals surface area contributed by atoms with Crippen molar-refractivity contribution in [1.29, 1.82) is 0 Å². The van der Waals surface area contributed by atoms with Crippen LogP contribution in [-0.4, -0.2) is 74.8 Å². The third kappa shape index (κ3) is 2.80. The molecule has 0 radical (unpaired) electrons. The van der Waals surface area contributed by atoms with Crippen LogP contribution in [0.3, 0.4) is 0 Å². The van der Waals surface area contributed by atoms with Crippen LogP contribution in [0.1, 0.15) is 13.8 Å². The highest BCUT2D eigenvalue weighted by Crippen LogP contribution is 2.23. The van der Waals surface area contributed by atoms with Gasteiger partial charge in [0.25, 0.3) is 0 Å². The highest BCUT2D eigenvalue weighted by molar-refractivity contribution is 5.86. The molecular formula is C15H23N7O. The molecule has 2 aromatic heterocycles. The molecule has 1 aliphatic rings. The van der Waals surface area contributed by atoms with E-state index in [4.69, 9.17) is 0 Å². The lowest BCUT2D eigenvalue weighted by Gasteiger charge is -2.37. The highest BCUT2D eigenvalue weighted by atomic mass is 16.2. The topological polar surface area (TPSA) is 70.4 Å². The van der Waals surface area contributed by atoms with Crippen molar-refractivity contribution in [3.05, 3.63) is 12.5 Å². The Balaban J connectivity index is 1.72. The van der Waals surface area contributed by atoms with E-state index in [9.17, 15) is 4.79 Å². The van der Waals surface area contributed by atoms with Crippen LogP contribution in [0.2, 0.25) is 0 Å². The molecule has 3 rings (SSSR count). The van der Waals surface area contributed by atoms with Crippen LogP contribution in [0.5, 0.6) is 0 Å². The number of hydrogen-bond donors (Lipinski definition) is 0. The van der Waals surface area contributed by atoms with E-state index < -0.39 is 0 Å². The second-order valence-corrected chi connectivity index (χ2v) is 5.63. The van der Waals surface area contributed by atoms with Gasteiger partial charge in [0.1, 0.15) is 12.1 Å². The summed E-state index contributed by atoms with van der Waals surface area (Å²) in [4.78, 5) is 27.1. The molecule has 0 unspecified atom stereocenters. The Morgan fingerprint density at radius 3 is 2.52 bits per heavy atom. The smallest absolute Gasteiger partial charge is 0.320 e. The van der Waals surface area contributed by atoms with Gasteiger partial charge in [-0.15, -0.1) is 0 Å². The first-order valence-electron chi connectivity index (χ1n) is 8.07. The molecule has 0 spiro atoms. The molecule has 0 aromatic carbocycles. The number of nitrogens with zero attached hydrogens (tertiary/aromatic N) is 7. The maximum atomic E-state index is 12.4. The first kappa shape index (κ1) is 15.5. The number of piperazine rings is 1. The fourth-order valence-corrected chi connectivity index (χ4v) is 3.01. The van der Waals surface area contributed by atoms with Crippen molar-refractivity contribution in [3.63, 3.8) is 0 Å². The largest absolute Gasteiger partial charge is 0.352 e. The second kappa shape index (κ2) is 6.39. The van der Waals surface area contributed by atoms with Gasteiger partial charge >= 0.3 is 6.03 Å². The zero-order chi connectivity index (χ0) is 16.4. The molecule has 3 heterocycles. The van der Waals surface area contributed by atoms with Crippen LogP contribution in [0, 0.1) is 0 Å². The minimum Gasteiger partial charge on any atom is -0.352 e. The van der Waals surface area contributed by atoms with Gasteiger partial charge in [0, 0.05) is 46.3 Å². The summed E-state index contributed by atoms with van der Waals surface area (Å²) in [7, 11) is 1.87. The van der Waals surface area contributed by atoms with E-state index in [-0.39, 0.29) is 6.03 Å². The third-order valence-electron chi connectivity index (χ3n) is 4.39. The average Bonchev–Trinajstić information content (AvgIpc) is 2.97. The van der Waals surface area contributed by atoms with Crippen molar-refractivity contribution in [1.82, 2.24) is 29.5 Å². The Morgan fingerprint density at radius 1 is 1.17 bits per heavy atom. The van der Waals surface area contributed by atoms with E-state index in [2.05, 4.69) is 20.0 Å². The van der Waals surface area contributed by atoms with Gasteiger partial charge in [0.2, 0.25) is 0 Å². The Hall–Kier alpha value is -2.38. The minimum absolute atomic E-state index is 0.129. The van der Waals surface area contributed by atoms with Gasteiger partial charge in [-0.3, -0.25) is 4.68 Å². The van der Waals surface area contributed by atoms with E-state index in [1.54, 1.807) is 17.2 Å². The van der Waals surface area contributed by atoms with Crippen molar-refractivity contribution >= 4 is 22.9 Å². The lowest BCUT2D eigenvalue weighted by atomic mass is 10.3. The summed E-state index contributed by atoms with van der Waals surface area (Å²) in [6.45, 7) is 8.48. The summed E-state index contributed by atoms with van der Waals surface area (Å²) < 4.78 is 1.75. The lowest BCUT2D eigenvalue weighted by molar-refractivity contribution is 0.154. The molecule has 1 saturated heterocycles. The Labute approximate surface area is 135 Å². The van der Waals surface area contributed by atoms with Crippen LogP contribution >= 0.6 is 0 Å². The van der Waals surface area contributed by atoms with Gasteiger partial charge in [0.15, 0.2) is 5.65 Å².